The Bertz CT molecular complexity index is 989. The highest BCUT2D eigenvalue weighted by molar-refractivity contribution is 7.89. The van der Waals surface area contributed by atoms with Gasteiger partial charge in [-0.1, -0.05) is 29.8 Å². The van der Waals surface area contributed by atoms with Gasteiger partial charge in [0.1, 0.15) is 0 Å². The molecule has 2 aromatic carbocycles. The van der Waals surface area contributed by atoms with Gasteiger partial charge in [-0.2, -0.15) is 0 Å². The maximum absolute atomic E-state index is 12.4. The minimum absolute atomic E-state index is 0.186. The Morgan fingerprint density at radius 3 is 2.52 bits per heavy atom. The lowest BCUT2D eigenvalue weighted by Crippen LogP contribution is -2.23. The number of hydrogen-bond acceptors (Lipinski definition) is 3. The van der Waals surface area contributed by atoms with Crippen LogP contribution in [0.4, 0.5) is 0 Å². The predicted molar refractivity (Wildman–Crippen MR) is 99.9 cm³/mol. The lowest BCUT2D eigenvalue weighted by molar-refractivity contribution is 0.581. The molecule has 0 spiro atoms. The van der Waals surface area contributed by atoms with Crippen molar-refractivity contribution in [2.45, 2.75) is 18.4 Å². The number of pyridine rings is 1. The summed E-state index contributed by atoms with van der Waals surface area (Å²) in [4.78, 5) is 4.26. The molecule has 3 aromatic rings. The van der Waals surface area contributed by atoms with Gasteiger partial charge in [-0.3, -0.25) is 4.98 Å². The molecule has 0 amide bonds. The van der Waals surface area contributed by atoms with Gasteiger partial charge in [-0.05, 0) is 60.0 Å². The van der Waals surface area contributed by atoms with Crippen molar-refractivity contribution in [1.82, 2.24) is 9.71 Å². The normalized spacial score (nSPS) is 11.4. The lowest BCUT2D eigenvalue weighted by atomic mass is 10.0. The number of sulfonamides is 1. The van der Waals surface area contributed by atoms with Gasteiger partial charge in [0.2, 0.25) is 10.0 Å². The van der Waals surface area contributed by atoms with E-state index in [1.807, 2.05) is 37.3 Å². The second-order valence-corrected chi connectivity index (χ2v) is 7.87. The first-order chi connectivity index (χ1) is 12.0. The highest BCUT2D eigenvalue weighted by atomic mass is 35.5. The molecular weight excluding hydrogens is 356 g/mol. The number of halogens is 1. The fraction of sp³-hybridized carbons (Fsp3) is 0.105. The zero-order valence-corrected chi connectivity index (χ0v) is 15.2. The van der Waals surface area contributed by atoms with E-state index in [1.165, 1.54) is 0 Å². The van der Waals surface area contributed by atoms with Crippen molar-refractivity contribution in [3.05, 3.63) is 83.1 Å². The van der Waals surface area contributed by atoms with E-state index >= 15 is 0 Å². The largest absolute Gasteiger partial charge is 0.265 e. The van der Waals surface area contributed by atoms with Crippen LogP contribution in [-0.2, 0) is 16.6 Å². The van der Waals surface area contributed by atoms with Crippen molar-refractivity contribution >= 4 is 21.6 Å². The summed E-state index contributed by atoms with van der Waals surface area (Å²) in [6.07, 6.45) is 3.39. The van der Waals surface area contributed by atoms with Gasteiger partial charge >= 0.3 is 0 Å². The molecule has 0 radical (unpaired) electrons. The Balaban J connectivity index is 1.82. The third kappa shape index (κ3) is 4.25. The molecule has 0 bridgehead atoms. The summed E-state index contributed by atoms with van der Waals surface area (Å²) in [5.41, 5.74) is 3.50. The van der Waals surface area contributed by atoms with E-state index in [0.29, 0.717) is 5.02 Å². The molecule has 25 heavy (non-hydrogen) atoms. The van der Waals surface area contributed by atoms with E-state index < -0.39 is 10.0 Å². The van der Waals surface area contributed by atoms with Crippen LogP contribution in [0.25, 0.3) is 11.1 Å². The van der Waals surface area contributed by atoms with E-state index in [2.05, 4.69) is 9.71 Å². The molecule has 0 aliphatic rings. The van der Waals surface area contributed by atoms with E-state index in [0.717, 1.165) is 22.3 Å². The average Bonchev–Trinajstić information content (AvgIpc) is 2.62. The van der Waals surface area contributed by atoms with Crippen LogP contribution in [0.1, 0.15) is 11.1 Å². The van der Waals surface area contributed by atoms with E-state index in [-0.39, 0.29) is 11.4 Å². The zero-order valence-electron chi connectivity index (χ0n) is 13.6. The van der Waals surface area contributed by atoms with Crippen molar-refractivity contribution in [3.63, 3.8) is 0 Å². The van der Waals surface area contributed by atoms with Gasteiger partial charge in [0, 0.05) is 29.5 Å². The smallest absolute Gasteiger partial charge is 0.240 e. The molecule has 128 valence electrons. The molecule has 3 rings (SSSR count). The van der Waals surface area contributed by atoms with Gasteiger partial charge in [-0.15, -0.1) is 0 Å². The van der Waals surface area contributed by atoms with Crippen LogP contribution < -0.4 is 4.72 Å². The second kappa shape index (κ2) is 7.35. The molecule has 1 N–H and O–H groups in total. The van der Waals surface area contributed by atoms with Crippen LogP contribution >= 0.6 is 11.6 Å². The van der Waals surface area contributed by atoms with Crippen molar-refractivity contribution in [1.29, 1.82) is 0 Å². The van der Waals surface area contributed by atoms with Gasteiger partial charge in [0.05, 0.1) is 4.90 Å². The first-order valence-electron chi connectivity index (χ1n) is 7.71. The molecular formula is C19H17ClN2O2S. The maximum atomic E-state index is 12.4. The van der Waals surface area contributed by atoms with Crippen LogP contribution in [0.15, 0.2) is 71.9 Å². The molecule has 0 unspecified atom stereocenters. The molecule has 0 saturated carbocycles. The number of nitrogens with zero attached hydrogens (tertiary/aromatic N) is 1. The highest BCUT2D eigenvalue weighted by Gasteiger charge is 2.14. The van der Waals surface area contributed by atoms with Crippen LogP contribution in [0.5, 0.6) is 0 Å². The summed E-state index contributed by atoms with van der Waals surface area (Å²) in [6.45, 7) is 2.05. The monoisotopic (exact) mass is 372 g/mol. The summed E-state index contributed by atoms with van der Waals surface area (Å²) in [7, 11) is -3.56. The summed E-state index contributed by atoms with van der Waals surface area (Å²) >= 11 is 6.28. The first-order valence-corrected chi connectivity index (χ1v) is 9.57. The Morgan fingerprint density at radius 1 is 1.04 bits per heavy atom. The second-order valence-electron chi connectivity index (χ2n) is 5.69. The third-order valence-corrected chi connectivity index (χ3v) is 5.52. The number of aryl methyl sites for hydroxylation is 1. The Hall–Kier alpha value is -2.21. The van der Waals surface area contributed by atoms with Crippen molar-refractivity contribution < 1.29 is 8.42 Å². The summed E-state index contributed by atoms with van der Waals surface area (Å²) < 4.78 is 27.5. The first kappa shape index (κ1) is 17.6. The van der Waals surface area contributed by atoms with Gasteiger partial charge in [0.25, 0.3) is 0 Å². The fourth-order valence-corrected chi connectivity index (χ4v) is 3.83. The SMILES string of the molecule is Cc1cccc(S(=O)(=O)NCc2ccc(Cl)c(-c3ccncc3)c2)c1. The van der Waals surface area contributed by atoms with Crippen molar-refractivity contribution in [2.75, 3.05) is 0 Å². The Morgan fingerprint density at radius 2 is 1.80 bits per heavy atom. The molecule has 1 heterocycles. The van der Waals surface area contributed by atoms with E-state index in [9.17, 15) is 8.42 Å². The molecule has 0 fully saturated rings. The standard InChI is InChI=1S/C19H17ClN2O2S/c1-14-3-2-4-17(11-14)25(23,24)22-13-15-5-6-19(20)18(12-15)16-7-9-21-10-8-16/h2-12,22H,13H2,1H3. The van der Waals surface area contributed by atoms with Gasteiger partial charge < -0.3 is 0 Å². The molecule has 0 aliphatic carbocycles. The molecule has 0 atom stereocenters. The number of hydrogen-bond donors (Lipinski definition) is 1. The Kier molecular flexibility index (Phi) is 5.18. The average molecular weight is 373 g/mol. The number of rotatable bonds is 5. The van der Waals surface area contributed by atoms with Crippen LogP contribution in [0.2, 0.25) is 5.02 Å². The summed E-state index contributed by atoms with van der Waals surface area (Å²) in [5, 5.41) is 0.608. The highest BCUT2D eigenvalue weighted by Crippen LogP contribution is 2.28. The maximum Gasteiger partial charge on any atom is 0.240 e. The fourth-order valence-electron chi connectivity index (χ4n) is 2.48. The third-order valence-electron chi connectivity index (χ3n) is 3.79. The van der Waals surface area contributed by atoms with Gasteiger partial charge in [0.15, 0.2) is 0 Å². The quantitative estimate of drug-likeness (QED) is 0.730. The van der Waals surface area contributed by atoms with E-state index in [4.69, 9.17) is 11.6 Å². The van der Waals surface area contributed by atoms with E-state index in [1.54, 1.807) is 36.7 Å². The zero-order chi connectivity index (χ0) is 17.9. The van der Waals surface area contributed by atoms with Crippen LogP contribution in [0, 0.1) is 6.92 Å². The topological polar surface area (TPSA) is 59.1 Å². The minimum Gasteiger partial charge on any atom is -0.265 e. The van der Waals surface area contributed by atoms with Gasteiger partial charge in [-0.25, -0.2) is 13.1 Å². The van der Waals surface area contributed by atoms with Crippen molar-refractivity contribution in [2.24, 2.45) is 0 Å². The number of nitrogens with one attached hydrogen (secondary N) is 1. The molecule has 4 nitrogen and oxygen atoms in total. The van der Waals surface area contributed by atoms with Crippen molar-refractivity contribution in [3.8, 4) is 11.1 Å². The summed E-state index contributed by atoms with van der Waals surface area (Å²) in [6, 6.07) is 16.0. The van der Waals surface area contributed by atoms with Crippen LogP contribution in [-0.4, -0.2) is 13.4 Å². The van der Waals surface area contributed by atoms with Crippen LogP contribution in [0.3, 0.4) is 0 Å². The minimum atomic E-state index is -3.56. The molecule has 0 aliphatic heterocycles. The molecule has 6 heteroatoms. The number of aromatic nitrogens is 1. The molecule has 1 aromatic heterocycles. The Labute approximate surface area is 152 Å². The number of benzene rings is 2. The summed E-state index contributed by atoms with van der Waals surface area (Å²) in [5.74, 6) is 0. The predicted octanol–water partition coefficient (Wildman–Crippen LogP) is 4.19. The lowest BCUT2D eigenvalue weighted by Gasteiger charge is -2.10. The molecule has 0 saturated heterocycles.